The van der Waals surface area contributed by atoms with Gasteiger partial charge in [0, 0.05) is 29.3 Å². The highest BCUT2D eigenvalue weighted by Gasteiger charge is 2.24. The molecule has 4 aromatic carbocycles. The monoisotopic (exact) mass is 528 g/mol. The summed E-state index contributed by atoms with van der Waals surface area (Å²) in [6.45, 7) is 1.40. The summed E-state index contributed by atoms with van der Waals surface area (Å²) in [5.74, 6) is 0.143. The number of para-hydroxylation sites is 1. The molecule has 0 unspecified atom stereocenters. The van der Waals surface area contributed by atoms with Gasteiger partial charge in [0.2, 0.25) is 17.7 Å². The number of nitrogens with zero attached hydrogens (tertiary/aromatic N) is 1. The van der Waals surface area contributed by atoms with Crippen molar-refractivity contribution in [2.24, 2.45) is 0 Å². The summed E-state index contributed by atoms with van der Waals surface area (Å²) in [5.41, 5.74) is 5.29. The largest absolute Gasteiger partial charge is 0.506 e. The first kappa shape index (κ1) is 24.5. The average Bonchev–Trinajstić information content (AvgIpc) is 3.35. The van der Waals surface area contributed by atoms with Crippen molar-refractivity contribution in [1.29, 1.82) is 0 Å². The molecule has 6 heteroatoms. The maximum atomic E-state index is 11.9. The Morgan fingerprint density at radius 3 is 2.38 bits per heavy atom. The van der Waals surface area contributed by atoms with E-state index in [2.05, 4.69) is 40.6 Å². The first-order chi connectivity index (χ1) is 19.0. The molecule has 0 spiro atoms. The molecule has 0 aliphatic heterocycles. The van der Waals surface area contributed by atoms with E-state index in [9.17, 15) is 9.90 Å². The molecule has 5 nitrogen and oxygen atoms in total. The van der Waals surface area contributed by atoms with Gasteiger partial charge in [-0.15, -0.1) is 0 Å². The molecular formula is C33H24N2O3S. The molecule has 0 fully saturated rings. The number of aromatic hydroxyl groups is 1. The molecule has 1 amide bonds. The number of phenolic OH excluding ortho intramolecular Hbond substituents is 1. The van der Waals surface area contributed by atoms with Crippen molar-refractivity contribution in [2.45, 2.75) is 13.3 Å². The van der Waals surface area contributed by atoms with Gasteiger partial charge in [0.05, 0.1) is 5.56 Å². The second-order valence-corrected chi connectivity index (χ2v) is 9.85. The van der Waals surface area contributed by atoms with E-state index in [4.69, 9.17) is 16.6 Å². The van der Waals surface area contributed by atoms with Gasteiger partial charge in [-0.05, 0) is 39.6 Å². The highest BCUT2D eigenvalue weighted by molar-refractivity contribution is 7.81. The standard InChI is InChI=1S/C33H24N2O3S/c1-20(36)34-33-30(27-9-4-5-12-29(27)39)35-32(38-33)28-11-6-10-26(31(28)37)23-16-13-22(14-17-23)25-18-15-21-7-2-3-8-24(21)19-25/h2-11,13-19,37H,12H2,1H3,(H,34,36). The number of nitrogens with one attached hydrogen (secondary N) is 1. The van der Waals surface area contributed by atoms with E-state index in [0.29, 0.717) is 33.7 Å². The molecule has 1 aliphatic rings. The fourth-order valence-electron chi connectivity index (χ4n) is 4.78. The predicted molar refractivity (Wildman–Crippen MR) is 161 cm³/mol. The van der Waals surface area contributed by atoms with Gasteiger partial charge in [-0.25, -0.2) is 4.98 Å². The molecule has 0 saturated heterocycles. The Labute approximate surface area is 231 Å². The number of thiocarbonyl (C=S) groups is 1. The van der Waals surface area contributed by atoms with E-state index in [1.807, 2.05) is 66.8 Å². The quantitative estimate of drug-likeness (QED) is 0.225. The zero-order chi connectivity index (χ0) is 26.9. The van der Waals surface area contributed by atoms with E-state index in [0.717, 1.165) is 16.7 Å². The molecule has 1 aromatic heterocycles. The molecule has 190 valence electrons. The Balaban J connectivity index is 1.36. The summed E-state index contributed by atoms with van der Waals surface area (Å²) in [6.07, 6.45) is 6.33. The molecule has 39 heavy (non-hydrogen) atoms. The minimum Gasteiger partial charge on any atom is -0.506 e. The summed E-state index contributed by atoms with van der Waals surface area (Å²) in [7, 11) is 0. The summed E-state index contributed by atoms with van der Waals surface area (Å²) in [6, 6.07) is 28.2. The lowest BCUT2D eigenvalue weighted by atomic mass is 9.97. The second kappa shape index (κ2) is 10.2. The number of amides is 1. The number of hydrogen-bond acceptors (Lipinski definition) is 5. The molecule has 0 radical (unpaired) electrons. The maximum absolute atomic E-state index is 11.9. The van der Waals surface area contributed by atoms with Gasteiger partial charge in [0.1, 0.15) is 11.4 Å². The van der Waals surface area contributed by atoms with Crippen LogP contribution in [0.15, 0.2) is 108 Å². The van der Waals surface area contributed by atoms with Crippen LogP contribution in [0, 0.1) is 0 Å². The van der Waals surface area contributed by atoms with Crippen molar-refractivity contribution >= 4 is 45.2 Å². The number of benzene rings is 4. The van der Waals surface area contributed by atoms with Crippen LogP contribution in [-0.2, 0) is 4.79 Å². The fraction of sp³-hybridized carbons (Fsp3) is 0.0606. The third-order valence-corrected chi connectivity index (χ3v) is 7.11. The minimum atomic E-state index is -0.290. The number of aromatic nitrogens is 1. The first-order valence-electron chi connectivity index (χ1n) is 12.6. The van der Waals surface area contributed by atoms with E-state index < -0.39 is 0 Å². The summed E-state index contributed by atoms with van der Waals surface area (Å²) >= 11 is 5.52. The zero-order valence-electron chi connectivity index (χ0n) is 21.1. The molecule has 0 saturated carbocycles. The van der Waals surface area contributed by atoms with Crippen molar-refractivity contribution in [1.82, 2.24) is 4.98 Å². The van der Waals surface area contributed by atoms with Crippen LogP contribution < -0.4 is 5.32 Å². The number of allylic oxidation sites excluding steroid dienone is 4. The molecule has 0 bridgehead atoms. The van der Waals surface area contributed by atoms with Gasteiger partial charge in [-0.3, -0.25) is 10.1 Å². The molecule has 0 atom stereocenters. The van der Waals surface area contributed by atoms with Gasteiger partial charge in [0.15, 0.2) is 0 Å². The predicted octanol–water partition coefficient (Wildman–Crippen LogP) is 8.21. The van der Waals surface area contributed by atoms with Gasteiger partial charge < -0.3 is 9.52 Å². The van der Waals surface area contributed by atoms with Crippen molar-refractivity contribution in [3.05, 3.63) is 109 Å². The molecule has 1 aliphatic carbocycles. The number of carbonyl (C=O) groups is 1. The smallest absolute Gasteiger partial charge is 0.233 e. The van der Waals surface area contributed by atoms with Gasteiger partial charge in [-0.2, -0.15) is 0 Å². The normalized spacial score (nSPS) is 12.9. The van der Waals surface area contributed by atoms with Gasteiger partial charge in [0.25, 0.3) is 0 Å². The summed E-state index contributed by atoms with van der Waals surface area (Å²) in [5, 5.41) is 16.4. The van der Waals surface area contributed by atoms with Crippen molar-refractivity contribution < 1.29 is 14.3 Å². The lowest BCUT2D eigenvalue weighted by molar-refractivity contribution is -0.114. The Morgan fingerprint density at radius 1 is 0.897 bits per heavy atom. The van der Waals surface area contributed by atoms with Crippen LogP contribution in [0.5, 0.6) is 5.75 Å². The van der Waals surface area contributed by atoms with Crippen molar-refractivity contribution in [2.75, 3.05) is 5.32 Å². The van der Waals surface area contributed by atoms with Crippen LogP contribution in [-0.4, -0.2) is 20.9 Å². The van der Waals surface area contributed by atoms with E-state index in [1.165, 1.54) is 17.7 Å². The highest BCUT2D eigenvalue weighted by atomic mass is 32.1. The van der Waals surface area contributed by atoms with Crippen molar-refractivity contribution in [3.63, 3.8) is 0 Å². The van der Waals surface area contributed by atoms with Crippen LogP contribution in [0.25, 0.3) is 50.1 Å². The Morgan fingerprint density at radius 2 is 1.62 bits per heavy atom. The SMILES string of the molecule is CC(=O)Nc1oc(-c2cccc(-c3ccc(-c4ccc5ccccc5c4)cc3)c2O)nc1C1=CC=CCC1=S. The van der Waals surface area contributed by atoms with Crippen LogP contribution in [0.1, 0.15) is 19.0 Å². The number of fused-ring (bicyclic) bond motifs is 1. The molecule has 6 rings (SSSR count). The number of oxazole rings is 1. The minimum absolute atomic E-state index is 0.0400. The fourth-order valence-corrected chi connectivity index (χ4v) is 5.04. The van der Waals surface area contributed by atoms with Crippen molar-refractivity contribution in [3.8, 4) is 39.5 Å². The highest BCUT2D eigenvalue weighted by Crippen LogP contribution is 2.41. The number of rotatable bonds is 5. The van der Waals surface area contributed by atoms with E-state index in [1.54, 1.807) is 6.07 Å². The second-order valence-electron chi connectivity index (χ2n) is 9.35. The topological polar surface area (TPSA) is 75.4 Å². The Bertz CT molecular complexity index is 1810. The van der Waals surface area contributed by atoms with Crippen LogP contribution >= 0.6 is 12.2 Å². The van der Waals surface area contributed by atoms with Crippen LogP contribution in [0.3, 0.4) is 0 Å². The summed E-state index contributed by atoms with van der Waals surface area (Å²) < 4.78 is 5.97. The van der Waals surface area contributed by atoms with Crippen LogP contribution in [0.4, 0.5) is 5.88 Å². The maximum Gasteiger partial charge on any atom is 0.233 e. The number of hydrogen-bond donors (Lipinski definition) is 2. The van der Waals surface area contributed by atoms with Crippen LogP contribution in [0.2, 0.25) is 0 Å². The number of anilines is 1. The third kappa shape index (κ3) is 4.78. The summed E-state index contributed by atoms with van der Waals surface area (Å²) in [4.78, 5) is 17.2. The Hall–Kier alpha value is -4.81. The molecule has 2 N–H and O–H groups in total. The lowest BCUT2D eigenvalue weighted by Gasteiger charge is -2.10. The molecular weight excluding hydrogens is 504 g/mol. The third-order valence-electron chi connectivity index (χ3n) is 6.72. The van der Waals surface area contributed by atoms with Gasteiger partial charge in [-0.1, -0.05) is 103 Å². The molecule has 5 aromatic rings. The first-order valence-corrected chi connectivity index (χ1v) is 13.0. The lowest BCUT2D eigenvalue weighted by Crippen LogP contribution is -2.09. The zero-order valence-corrected chi connectivity index (χ0v) is 22.0. The number of phenols is 1. The van der Waals surface area contributed by atoms with Gasteiger partial charge >= 0.3 is 0 Å². The van der Waals surface area contributed by atoms with E-state index >= 15 is 0 Å². The average molecular weight is 529 g/mol. The van der Waals surface area contributed by atoms with E-state index in [-0.39, 0.29) is 23.4 Å². The number of carbonyl (C=O) groups excluding carboxylic acids is 1. The Kier molecular flexibility index (Phi) is 6.39. The molecule has 1 heterocycles.